The smallest absolute Gasteiger partial charge is 0.271 e. The lowest BCUT2D eigenvalue weighted by Crippen LogP contribution is -2.17. The number of thiophene rings is 1. The minimum atomic E-state index is -0.273. The van der Waals surface area contributed by atoms with Crippen molar-refractivity contribution in [3.05, 3.63) is 52.2 Å². The molecule has 0 unspecified atom stereocenters. The number of nitrogens with two attached hydrogens (primary N) is 1. The second kappa shape index (κ2) is 5.27. The van der Waals surface area contributed by atoms with Crippen LogP contribution in [0.2, 0.25) is 0 Å². The van der Waals surface area contributed by atoms with E-state index >= 15 is 0 Å². The zero-order valence-corrected chi connectivity index (χ0v) is 9.78. The SMILES string of the molecule is Nc1cccc(C(=O)NN=Cc2cccs2)c1. The molecule has 0 fully saturated rings. The van der Waals surface area contributed by atoms with E-state index in [1.54, 1.807) is 41.8 Å². The Morgan fingerprint density at radius 1 is 1.35 bits per heavy atom. The molecule has 0 aliphatic rings. The molecule has 1 aromatic carbocycles. The molecule has 5 heteroatoms. The van der Waals surface area contributed by atoms with Gasteiger partial charge in [0.2, 0.25) is 0 Å². The van der Waals surface area contributed by atoms with E-state index in [2.05, 4.69) is 10.5 Å². The van der Waals surface area contributed by atoms with E-state index in [1.165, 1.54) is 0 Å². The standard InChI is InChI=1S/C12H11N3OS/c13-10-4-1-3-9(7-10)12(16)15-14-8-11-5-2-6-17-11/h1-8H,13H2,(H,15,16). The molecule has 4 nitrogen and oxygen atoms in total. The Morgan fingerprint density at radius 3 is 2.94 bits per heavy atom. The van der Waals surface area contributed by atoms with Gasteiger partial charge in [0.1, 0.15) is 0 Å². The Labute approximate surface area is 103 Å². The second-order valence-corrected chi connectivity index (χ2v) is 4.32. The Hall–Kier alpha value is -2.14. The Balaban J connectivity index is 1.98. The summed E-state index contributed by atoms with van der Waals surface area (Å²) < 4.78 is 0. The normalized spacial score (nSPS) is 10.6. The Kier molecular flexibility index (Phi) is 3.52. The van der Waals surface area contributed by atoms with Gasteiger partial charge in [0.15, 0.2) is 0 Å². The first-order valence-corrected chi connectivity index (χ1v) is 5.86. The van der Waals surface area contributed by atoms with E-state index < -0.39 is 0 Å². The van der Waals surface area contributed by atoms with Gasteiger partial charge in [-0.15, -0.1) is 11.3 Å². The molecule has 0 spiro atoms. The van der Waals surface area contributed by atoms with E-state index in [-0.39, 0.29) is 5.91 Å². The van der Waals surface area contributed by atoms with Crippen LogP contribution in [0, 0.1) is 0 Å². The van der Waals surface area contributed by atoms with Crippen LogP contribution in [0.3, 0.4) is 0 Å². The lowest BCUT2D eigenvalue weighted by Gasteiger charge is -2.00. The van der Waals surface area contributed by atoms with Crippen LogP contribution in [0.4, 0.5) is 5.69 Å². The number of nitrogens with one attached hydrogen (secondary N) is 1. The zero-order chi connectivity index (χ0) is 12.1. The Bertz CT molecular complexity index is 534. The first-order chi connectivity index (χ1) is 8.25. The molecule has 0 saturated carbocycles. The molecule has 0 bridgehead atoms. The average Bonchev–Trinajstić information content (AvgIpc) is 2.82. The van der Waals surface area contributed by atoms with Gasteiger partial charge in [-0.1, -0.05) is 12.1 Å². The molecule has 0 atom stereocenters. The number of carbonyl (C=O) groups excluding carboxylic acids is 1. The van der Waals surface area contributed by atoms with Crippen molar-refractivity contribution in [2.24, 2.45) is 5.10 Å². The Morgan fingerprint density at radius 2 is 2.24 bits per heavy atom. The predicted octanol–water partition coefficient (Wildman–Crippen LogP) is 2.09. The molecule has 1 heterocycles. The fourth-order valence-corrected chi connectivity index (χ4v) is 1.85. The minimum absolute atomic E-state index is 0.273. The fraction of sp³-hybridized carbons (Fsp3) is 0. The number of benzene rings is 1. The topological polar surface area (TPSA) is 67.5 Å². The molecule has 0 aliphatic heterocycles. The van der Waals surface area contributed by atoms with Crippen molar-refractivity contribution >= 4 is 29.1 Å². The number of nitrogens with zero attached hydrogens (tertiary/aromatic N) is 1. The highest BCUT2D eigenvalue weighted by atomic mass is 32.1. The van der Waals surface area contributed by atoms with Gasteiger partial charge in [-0.3, -0.25) is 4.79 Å². The van der Waals surface area contributed by atoms with Gasteiger partial charge in [-0.2, -0.15) is 5.10 Å². The number of hydrogen-bond acceptors (Lipinski definition) is 4. The first kappa shape index (κ1) is 11.3. The number of hydrogen-bond donors (Lipinski definition) is 2. The summed E-state index contributed by atoms with van der Waals surface area (Å²) in [7, 11) is 0. The molecule has 86 valence electrons. The zero-order valence-electron chi connectivity index (χ0n) is 8.96. The predicted molar refractivity (Wildman–Crippen MR) is 70.2 cm³/mol. The largest absolute Gasteiger partial charge is 0.399 e. The lowest BCUT2D eigenvalue weighted by atomic mass is 10.2. The summed E-state index contributed by atoms with van der Waals surface area (Å²) in [5.74, 6) is -0.273. The quantitative estimate of drug-likeness (QED) is 0.494. The van der Waals surface area contributed by atoms with E-state index in [1.807, 2.05) is 17.5 Å². The van der Waals surface area contributed by atoms with Crippen molar-refractivity contribution in [3.8, 4) is 0 Å². The molecular weight excluding hydrogens is 234 g/mol. The highest BCUT2D eigenvalue weighted by Crippen LogP contribution is 2.06. The molecule has 2 aromatic rings. The van der Waals surface area contributed by atoms with Gasteiger partial charge in [0.25, 0.3) is 5.91 Å². The maximum Gasteiger partial charge on any atom is 0.271 e. The summed E-state index contributed by atoms with van der Waals surface area (Å²) in [4.78, 5) is 12.6. The fourth-order valence-electron chi connectivity index (χ4n) is 1.26. The van der Waals surface area contributed by atoms with Gasteiger partial charge in [0, 0.05) is 16.1 Å². The van der Waals surface area contributed by atoms with Gasteiger partial charge in [-0.05, 0) is 29.6 Å². The van der Waals surface area contributed by atoms with Crippen molar-refractivity contribution in [2.45, 2.75) is 0 Å². The van der Waals surface area contributed by atoms with Crippen LogP contribution in [0.1, 0.15) is 15.2 Å². The minimum Gasteiger partial charge on any atom is -0.399 e. The van der Waals surface area contributed by atoms with Crippen LogP contribution in [0.15, 0.2) is 46.9 Å². The molecule has 0 radical (unpaired) electrons. The van der Waals surface area contributed by atoms with Crippen LogP contribution in [0.25, 0.3) is 0 Å². The van der Waals surface area contributed by atoms with Crippen LogP contribution in [-0.2, 0) is 0 Å². The number of anilines is 1. The molecule has 3 N–H and O–H groups in total. The summed E-state index contributed by atoms with van der Waals surface area (Å²) in [6, 6.07) is 10.6. The van der Waals surface area contributed by atoms with E-state index in [0.29, 0.717) is 11.3 Å². The van der Waals surface area contributed by atoms with Crippen LogP contribution >= 0.6 is 11.3 Å². The van der Waals surface area contributed by atoms with E-state index in [0.717, 1.165) is 4.88 Å². The van der Waals surface area contributed by atoms with Crippen molar-refractivity contribution in [2.75, 3.05) is 5.73 Å². The monoisotopic (exact) mass is 245 g/mol. The molecule has 1 aromatic heterocycles. The highest BCUT2D eigenvalue weighted by molar-refractivity contribution is 7.11. The lowest BCUT2D eigenvalue weighted by molar-refractivity contribution is 0.0955. The summed E-state index contributed by atoms with van der Waals surface area (Å²) >= 11 is 1.55. The molecule has 0 aliphatic carbocycles. The van der Waals surface area contributed by atoms with Gasteiger partial charge >= 0.3 is 0 Å². The third kappa shape index (κ3) is 3.15. The number of rotatable bonds is 3. The van der Waals surface area contributed by atoms with Crippen LogP contribution in [-0.4, -0.2) is 12.1 Å². The van der Waals surface area contributed by atoms with Gasteiger partial charge in [0.05, 0.1) is 6.21 Å². The van der Waals surface area contributed by atoms with Crippen molar-refractivity contribution < 1.29 is 4.79 Å². The number of hydrazone groups is 1. The first-order valence-electron chi connectivity index (χ1n) is 4.98. The summed E-state index contributed by atoms with van der Waals surface area (Å²) in [6.45, 7) is 0. The average molecular weight is 245 g/mol. The van der Waals surface area contributed by atoms with Gasteiger partial charge in [-0.25, -0.2) is 5.43 Å². The molecule has 2 rings (SSSR count). The molecule has 0 saturated heterocycles. The molecule has 17 heavy (non-hydrogen) atoms. The number of nitrogen functional groups attached to an aromatic ring is 1. The maximum atomic E-state index is 11.6. The van der Waals surface area contributed by atoms with Crippen LogP contribution < -0.4 is 11.2 Å². The van der Waals surface area contributed by atoms with E-state index in [9.17, 15) is 4.79 Å². The van der Waals surface area contributed by atoms with E-state index in [4.69, 9.17) is 5.73 Å². The number of amides is 1. The molecular formula is C12H11N3OS. The van der Waals surface area contributed by atoms with Crippen LogP contribution in [0.5, 0.6) is 0 Å². The molecule has 1 amide bonds. The number of carbonyl (C=O) groups is 1. The van der Waals surface area contributed by atoms with Crippen molar-refractivity contribution in [3.63, 3.8) is 0 Å². The summed E-state index contributed by atoms with van der Waals surface area (Å²) in [6.07, 6.45) is 1.61. The third-order valence-corrected chi connectivity index (χ3v) is 2.86. The van der Waals surface area contributed by atoms with Crippen molar-refractivity contribution in [1.82, 2.24) is 5.43 Å². The summed E-state index contributed by atoms with van der Waals surface area (Å²) in [5, 5.41) is 5.81. The highest BCUT2D eigenvalue weighted by Gasteiger charge is 2.03. The van der Waals surface area contributed by atoms with Gasteiger partial charge < -0.3 is 5.73 Å². The second-order valence-electron chi connectivity index (χ2n) is 3.34. The third-order valence-electron chi connectivity index (χ3n) is 2.05. The van der Waals surface area contributed by atoms with Crippen molar-refractivity contribution in [1.29, 1.82) is 0 Å². The summed E-state index contributed by atoms with van der Waals surface area (Å²) in [5.41, 5.74) is 9.08. The maximum absolute atomic E-state index is 11.6.